The van der Waals surface area contributed by atoms with Gasteiger partial charge in [-0.15, -0.1) is 6.58 Å². The minimum Gasteiger partial charge on any atom is -0.370 e. The van der Waals surface area contributed by atoms with Gasteiger partial charge in [0.1, 0.15) is 0 Å². The fourth-order valence-corrected chi connectivity index (χ4v) is 2.69. The molecule has 1 aliphatic heterocycles. The molecule has 1 heterocycles. The molecule has 6 nitrogen and oxygen atoms in total. The predicted octanol–water partition coefficient (Wildman–Crippen LogP) is 2.43. The molecular weight excluding hydrogens is 292 g/mol. The zero-order valence-corrected chi connectivity index (χ0v) is 13.5. The molecule has 124 valence electrons. The topological polar surface area (TPSA) is 78.7 Å². The number of nitrogens with one attached hydrogen (secondary N) is 1. The van der Waals surface area contributed by atoms with Crippen molar-refractivity contribution in [2.75, 3.05) is 36.9 Å². The van der Waals surface area contributed by atoms with Crippen LogP contribution < -0.4 is 16.0 Å². The number of rotatable bonds is 5. The Labute approximate surface area is 136 Å². The van der Waals surface area contributed by atoms with E-state index in [0.29, 0.717) is 17.8 Å². The molecule has 0 aromatic heterocycles. The van der Waals surface area contributed by atoms with Crippen LogP contribution in [0.2, 0.25) is 0 Å². The standard InChI is InChI=1S/C17H24N4O2/c1-3-9-20(2)17(23)19-14-12-13(16(18)22)7-8-15(14)21-10-5-4-6-11-21/h3,7-8,12H,1,4-6,9-11H2,2H3,(H2,18,22)(H,19,23). The minimum absolute atomic E-state index is 0.246. The molecular formula is C17H24N4O2. The minimum atomic E-state index is -0.509. The Morgan fingerprint density at radius 3 is 2.65 bits per heavy atom. The van der Waals surface area contributed by atoms with Crippen molar-refractivity contribution in [3.05, 3.63) is 36.4 Å². The van der Waals surface area contributed by atoms with Crippen LogP contribution in [0.15, 0.2) is 30.9 Å². The van der Waals surface area contributed by atoms with Crippen LogP contribution in [0.1, 0.15) is 29.6 Å². The van der Waals surface area contributed by atoms with Crippen LogP contribution in [0.5, 0.6) is 0 Å². The first-order valence-electron chi connectivity index (χ1n) is 7.84. The third-order valence-corrected chi connectivity index (χ3v) is 3.97. The lowest BCUT2D eigenvalue weighted by molar-refractivity contribution is 0.100. The molecule has 0 aliphatic carbocycles. The number of anilines is 2. The number of primary amides is 1. The Kier molecular flexibility index (Phi) is 5.62. The summed E-state index contributed by atoms with van der Waals surface area (Å²) in [5.74, 6) is -0.509. The fourth-order valence-electron chi connectivity index (χ4n) is 2.69. The van der Waals surface area contributed by atoms with Crippen molar-refractivity contribution >= 4 is 23.3 Å². The SMILES string of the molecule is C=CCN(C)C(=O)Nc1cc(C(N)=O)ccc1N1CCCCC1. The van der Waals surface area contributed by atoms with E-state index in [-0.39, 0.29) is 6.03 Å². The number of amides is 3. The van der Waals surface area contributed by atoms with Crippen LogP contribution in [0, 0.1) is 0 Å². The van der Waals surface area contributed by atoms with Gasteiger partial charge in [-0.1, -0.05) is 6.08 Å². The highest BCUT2D eigenvalue weighted by atomic mass is 16.2. The average molecular weight is 316 g/mol. The summed E-state index contributed by atoms with van der Waals surface area (Å²) in [7, 11) is 1.69. The van der Waals surface area contributed by atoms with Crippen molar-refractivity contribution in [2.24, 2.45) is 5.73 Å². The number of urea groups is 1. The van der Waals surface area contributed by atoms with Gasteiger partial charge in [-0.2, -0.15) is 0 Å². The lowest BCUT2D eigenvalue weighted by atomic mass is 10.1. The molecule has 0 bridgehead atoms. The van der Waals surface area contributed by atoms with Gasteiger partial charge in [-0.25, -0.2) is 4.79 Å². The van der Waals surface area contributed by atoms with E-state index in [4.69, 9.17) is 5.73 Å². The van der Waals surface area contributed by atoms with Crippen LogP contribution in [0.4, 0.5) is 16.2 Å². The number of hydrogen-bond acceptors (Lipinski definition) is 3. The zero-order valence-electron chi connectivity index (χ0n) is 13.5. The summed E-state index contributed by atoms with van der Waals surface area (Å²) in [5, 5.41) is 2.88. The lowest BCUT2D eigenvalue weighted by Crippen LogP contribution is -2.34. The number of nitrogens with zero attached hydrogens (tertiary/aromatic N) is 2. The maximum absolute atomic E-state index is 12.3. The molecule has 1 aromatic rings. The number of carbonyl (C=O) groups is 2. The zero-order chi connectivity index (χ0) is 16.8. The normalized spacial score (nSPS) is 14.2. The molecule has 3 N–H and O–H groups in total. The molecule has 3 amide bonds. The van der Waals surface area contributed by atoms with E-state index >= 15 is 0 Å². The predicted molar refractivity (Wildman–Crippen MR) is 92.9 cm³/mol. The summed E-state index contributed by atoms with van der Waals surface area (Å²) in [4.78, 5) is 27.4. The van der Waals surface area contributed by atoms with Crippen molar-refractivity contribution < 1.29 is 9.59 Å². The smallest absolute Gasteiger partial charge is 0.321 e. The first kappa shape index (κ1) is 16.9. The van der Waals surface area contributed by atoms with Crippen molar-refractivity contribution in [2.45, 2.75) is 19.3 Å². The first-order chi connectivity index (χ1) is 11.0. The van der Waals surface area contributed by atoms with Gasteiger partial charge < -0.3 is 20.9 Å². The highest BCUT2D eigenvalue weighted by molar-refractivity contribution is 5.98. The fraction of sp³-hybridized carbons (Fsp3) is 0.412. The van der Waals surface area contributed by atoms with Gasteiger partial charge in [0, 0.05) is 32.2 Å². The first-order valence-corrected chi connectivity index (χ1v) is 7.84. The van der Waals surface area contributed by atoms with Crippen molar-refractivity contribution in [1.29, 1.82) is 0 Å². The Balaban J connectivity index is 2.28. The van der Waals surface area contributed by atoms with Gasteiger partial charge in [-0.05, 0) is 37.5 Å². The molecule has 6 heteroatoms. The van der Waals surface area contributed by atoms with E-state index in [9.17, 15) is 9.59 Å². The quantitative estimate of drug-likeness (QED) is 0.819. The Morgan fingerprint density at radius 2 is 2.04 bits per heavy atom. The number of benzene rings is 1. The van der Waals surface area contributed by atoms with Crippen molar-refractivity contribution in [3.63, 3.8) is 0 Å². The molecule has 1 saturated heterocycles. The second kappa shape index (κ2) is 7.67. The highest BCUT2D eigenvalue weighted by Gasteiger charge is 2.18. The number of carbonyl (C=O) groups excluding carboxylic acids is 2. The number of hydrogen-bond donors (Lipinski definition) is 2. The van der Waals surface area contributed by atoms with Crippen LogP contribution in [0.25, 0.3) is 0 Å². The second-order valence-corrected chi connectivity index (χ2v) is 5.74. The lowest BCUT2D eigenvalue weighted by Gasteiger charge is -2.31. The second-order valence-electron chi connectivity index (χ2n) is 5.74. The summed E-state index contributed by atoms with van der Waals surface area (Å²) in [6, 6.07) is 4.96. The molecule has 1 aliphatic rings. The summed E-state index contributed by atoms with van der Waals surface area (Å²) in [6.45, 7) is 5.96. The van der Waals surface area contributed by atoms with Gasteiger partial charge in [0.15, 0.2) is 0 Å². The van der Waals surface area contributed by atoms with E-state index in [2.05, 4.69) is 16.8 Å². The summed E-state index contributed by atoms with van der Waals surface area (Å²) < 4.78 is 0. The third-order valence-electron chi connectivity index (χ3n) is 3.97. The van der Waals surface area contributed by atoms with E-state index < -0.39 is 5.91 Å². The molecule has 0 radical (unpaired) electrons. The summed E-state index contributed by atoms with van der Waals surface area (Å²) in [6.07, 6.45) is 5.13. The maximum Gasteiger partial charge on any atom is 0.321 e. The van der Waals surface area contributed by atoms with Gasteiger partial charge in [0.25, 0.3) is 0 Å². The van der Waals surface area contributed by atoms with Crippen molar-refractivity contribution in [1.82, 2.24) is 4.90 Å². The van der Waals surface area contributed by atoms with Crippen LogP contribution >= 0.6 is 0 Å². The molecule has 1 fully saturated rings. The average Bonchev–Trinajstić information content (AvgIpc) is 2.55. The molecule has 0 spiro atoms. The van der Waals surface area contributed by atoms with E-state index in [1.165, 1.54) is 11.3 Å². The summed E-state index contributed by atoms with van der Waals surface area (Å²) >= 11 is 0. The molecule has 0 saturated carbocycles. The molecule has 2 rings (SSSR count). The highest BCUT2D eigenvalue weighted by Crippen LogP contribution is 2.30. The van der Waals surface area contributed by atoms with Gasteiger partial charge in [-0.3, -0.25) is 4.79 Å². The van der Waals surface area contributed by atoms with Crippen molar-refractivity contribution in [3.8, 4) is 0 Å². The van der Waals surface area contributed by atoms with Crippen LogP contribution in [-0.4, -0.2) is 43.5 Å². The molecule has 0 unspecified atom stereocenters. The maximum atomic E-state index is 12.3. The van der Waals surface area contributed by atoms with Gasteiger partial charge >= 0.3 is 6.03 Å². The number of nitrogens with two attached hydrogens (primary N) is 1. The third kappa shape index (κ3) is 4.25. The van der Waals surface area contributed by atoms with E-state index in [1.54, 1.807) is 25.3 Å². The van der Waals surface area contributed by atoms with Gasteiger partial charge in [0.2, 0.25) is 5.91 Å². The summed E-state index contributed by atoms with van der Waals surface area (Å²) in [5.41, 5.74) is 7.28. The van der Waals surface area contributed by atoms with Crippen LogP contribution in [-0.2, 0) is 0 Å². The Bertz CT molecular complexity index is 594. The van der Waals surface area contributed by atoms with E-state index in [1.807, 2.05) is 6.07 Å². The van der Waals surface area contributed by atoms with Gasteiger partial charge in [0.05, 0.1) is 11.4 Å². The Hall–Kier alpha value is -2.50. The largest absolute Gasteiger partial charge is 0.370 e. The molecule has 1 aromatic carbocycles. The molecule has 23 heavy (non-hydrogen) atoms. The van der Waals surface area contributed by atoms with Crippen LogP contribution in [0.3, 0.4) is 0 Å². The molecule has 0 atom stereocenters. The number of piperidine rings is 1. The Morgan fingerprint density at radius 1 is 1.35 bits per heavy atom. The monoisotopic (exact) mass is 316 g/mol. The van der Waals surface area contributed by atoms with E-state index in [0.717, 1.165) is 31.6 Å². The number of likely N-dealkylation sites (N-methyl/N-ethyl adjacent to an activating group) is 1.